The summed E-state index contributed by atoms with van der Waals surface area (Å²) in [5, 5.41) is 16.9. The van der Waals surface area contributed by atoms with Crippen molar-refractivity contribution in [3.05, 3.63) is 65.2 Å². The first-order chi connectivity index (χ1) is 13.5. The second kappa shape index (κ2) is 8.44. The number of carbonyl (C=O) groups is 1. The quantitative estimate of drug-likeness (QED) is 0.499. The fourth-order valence-electron chi connectivity index (χ4n) is 2.43. The zero-order valence-corrected chi connectivity index (χ0v) is 14.5. The molecule has 2 heterocycles. The van der Waals surface area contributed by atoms with E-state index >= 15 is 0 Å². The maximum Gasteiger partial charge on any atom is 0.249 e. The molecule has 0 unspecified atom stereocenters. The largest absolute Gasteiger partial charge is 0.380 e. The summed E-state index contributed by atoms with van der Waals surface area (Å²) in [7, 11) is 1.49. The van der Waals surface area contributed by atoms with Crippen molar-refractivity contribution < 1.29 is 22.7 Å². The fraction of sp³-hybridized carbons (Fsp3) is 0.111. The van der Waals surface area contributed by atoms with Crippen molar-refractivity contribution >= 4 is 17.8 Å². The molecule has 3 aromatic rings. The Labute approximate surface area is 157 Å². The van der Waals surface area contributed by atoms with Crippen molar-refractivity contribution in [2.45, 2.75) is 6.61 Å². The predicted octanol–water partition coefficient (Wildman–Crippen LogP) is 3.08. The van der Waals surface area contributed by atoms with E-state index in [9.17, 15) is 18.0 Å². The number of nitrogens with one attached hydrogen (secondary N) is 2. The number of nitrogens with zero attached hydrogens (tertiary/aromatic N) is 3. The second-order valence-corrected chi connectivity index (χ2v) is 5.61. The van der Waals surface area contributed by atoms with Crippen molar-refractivity contribution in [1.29, 1.82) is 0 Å². The number of anilines is 1. The highest BCUT2D eigenvalue weighted by molar-refractivity contribution is 6.02. The van der Waals surface area contributed by atoms with Crippen LogP contribution in [-0.2, 0) is 16.1 Å². The highest BCUT2D eigenvalue weighted by Crippen LogP contribution is 2.26. The van der Waals surface area contributed by atoms with Gasteiger partial charge in [-0.05, 0) is 29.8 Å². The number of rotatable bonds is 6. The number of ether oxygens (including phenoxy) is 1. The lowest BCUT2D eigenvalue weighted by Gasteiger charge is -2.05. The molecule has 0 atom stereocenters. The van der Waals surface area contributed by atoms with Gasteiger partial charge in [0.2, 0.25) is 5.91 Å². The minimum Gasteiger partial charge on any atom is -0.380 e. The van der Waals surface area contributed by atoms with Crippen LogP contribution in [0.15, 0.2) is 36.7 Å². The van der Waals surface area contributed by atoms with E-state index in [-0.39, 0.29) is 18.0 Å². The van der Waals surface area contributed by atoms with Crippen molar-refractivity contribution in [3.8, 4) is 11.3 Å². The van der Waals surface area contributed by atoms with Crippen LogP contribution in [0.5, 0.6) is 0 Å². The minimum absolute atomic E-state index is 0.00533. The number of methoxy groups -OCH3 is 1. The van der Waals surface area contributed by atoms with Gasteiger partial charge in [-0.3, -0.25) is 9.89 Å². The average Bonchev–Trinajstić information content (AvgIpc) is 3.07. The summed E-state index contributed by atoms with van der Waals surface area (Å²) < 4.78 is 44.6. The van der Waals surface area contributed by atoms with Crippen LogP contribution in [0.4, 0.5) is 19.0 Å². The van der Waals surface area contributed by atoms with Crippen LogP contribution in [0.2, 0.25) is 0 Å². The van der Waals surface area contributed by atoms with E-state index in [0.29, 0.717) is 16.8 Å². The molecule has 7 nitrogen and oxygen atoms in total. The molecule has 0 fully saturated rings. The number of H-pyrrole nitrogens is 1. The highest BCUT2D eigenvalue weighted by Gasteiger charge is 2.16. The summed E-state index contributed by atoms with van der Waals surface area (Å²) in [5.41, 5.74) is 1.87. The number of halogens is 3. The molecule has 2 aromatic heterocycles. The number of benzene rings is 1. The van der Waals surface area contributed by atoms with Crippen LogP contribution in [-0.4, -0.2) is 33.4 Å². The van der Waals surface area contributed by atoms with Gasteiger partial charge in [0, 0.05) is 24.3 Å². The third kappa shape index (κ3) is 4.23. The number of hydrogen-bond acceptors (Lipinski definition) is 5. The normalized spacial score (nSPS) is 11.1. The number of aromatic amines is 1. The van der Waals surface area contributed by atoms with Gasteiger partial charge in [-0.2, -0.15) is 15.3 Å². The summed E-state index contributed by atoms with van der Waals surface area (Å²) in [6.45, 7) is 0.155. The summed E-state index contributed by atoms with van der Waals surface area (Å²) in [6, 6.07) is 3.27. The monoisotopic (exact) mass is 389 g/mol. The van der Waals surface area contributed by atoms with Crippen LogP contribution >= 0.6 is 0 Å². The Morgan fingerprint density at radius 3 is 2.64 bits per heavy atom. The fourth-order valence-corrected chi connectivity index (χ4v) is 2.43. The van der Waals surface area contributed by atoms with Gasteiger partial charge >= 0.3 is 0 Å². The van der Waals surface area contributed by atoms with Crippen molar-refractivity contribution in [2.24, 2.45) is 0 Å². The van der Waals surface area contributed by atoms with Crippen LogP contribution in [0.3, 0.4) is 0 Å². The second-order valence-electron chi connectivity index (χ2n) is 5.61. The third-order valence-corrected chi connectivity index (χ3v) is 3.70. The zero-order valence-electron chi connectivity index (χ0n) is 14.5. The Balaban J connectivity index is 1.80. The molecule has 0 bridgehead atoms. The summed E-state index contributed by atoms with van der Waals surface area (Å²) >= 11 is 0. The Bertz CT molecular complexity index is 998. The van der Waals surface area contributed by atoms with E-state index in [2.05, 4.69) is 25.7 Å². The Morgan fingerprint density at radius 2 is 2.00 bits per heavy atom. The van der Waals surface area contributed by atoms with Crippen molar-refractivity contribution in [1.82, 2.24) is 20.4 Å². The Hall–Kier alpha value is -3.53. The maximum atomic E-state index is 13.2. The lowest BCUT2D eigenvalue weighted by molar-refractivity contribution is -0.111. The van der Waals surface area contributed by atoms with E-state index in [1.165, 1.54) is 19.5 Å². The molecule has 0 aliphatic rings. The minimum atomic E-state index is -1.57. The Kier molecular flexibility index (Phi) is 5.80. The molecule has 144 valence electrons. The summed E-state index contributed by atoms with van der Waals surface area (Å²) in [6.07, 6.45) is 5.23. The number of amides is 1. The molecule has 3 rings (SSSR count). The molecule has 0 saturated heterocycles. The van der Waals surface area contributed by atoms with E-state index in [0.717, 1.165) is 24.3 Å². The molecule has 28 heavy (non-hydrogen) atoms. The lowest BCUT2D eigenvalue weighted by atomic mass is 10.1. The standard InChI is InChI=1S/C18H14F3N5O2/c1-28-9-12-17(11-4-5-22-23-8-11)25-26-18(12)24-15(27)3-2-10-6-13(19)16(21)14(20)7-10/h2-8H,9H2,1H3,(H2,24,25,26,27). The van der Waals surface area contributed by atoms with Gasteiger partial charge in [0.25, 0.3) is 0 Å². The molecule has 0 spiro atoms. The topological polar surface area (TPSA) is 92.8 Å². The van der Waals surface area contributed by atoms with Gasteiger partial charge < -0.3 is 10.1 Å². The average molecular weight is 389 g/mol. The van der Waals surface area contributed by atoms with Crippen molar-refractivity contribution in [3.63, 3.8) is 0 Å². The molecular weight excluding hydrogens is 375 g/mol. The smallest absolute Gasteiger partial charge is 0.249 e. The Morgan fingerprint density at radius 1 is 1.25 bits per heavy atom. The zero-order chi connectivity index (χ0) is 20.1. The van der Waals surface area contributed by atoms with Gasteiger partial charge in [0.1, 0.15) is 0 Å². The first-order valence-electron chi connectivity index (χ1n) is 7.96. The number of hydrogen-bond donors (Lipinski definition) is 2. The molecule has 0 aliphatic heterocycles. The lowest BCUT2D eigenvalue weighted by Crippen LogP contribution is -2.10. The van der Waals surface area contributed by atoms with Gasteiger partial charge in [-0.1, -0.05) is 0 Å². The van der Waals surface area contributed by atoms with Gasteiger partial charge in [0.15, 0.2) is 23.3 Å². The molecule has 1 amide bonds. The van der Waals surface area contributed by atoms with Crippen LogP contribution in [0.1, 0.15) is 11.1 Å². The van der Waals surface area contributed by atoms with Crippen LogP contribution in [0.25, 0.3) is 17.3 Å². The molecule has 1 aromatic carbocycles. The van der Waals surface area contributed by atoms with E-state index in [1.807, 2.05) is 0 Å². The highest BCUT2D eigenvalue weighted by atomic mass is 19.2. The maximum absolute atomic E-state index is 13.2. The first-order valence-corrected chi connectivity index (χ1v) is 7.96. The van der Waals surface area contributed by atoms with E-state index in [1.54, 1.807) is 6.07 Å². The van der Waals surface area contributed by atoms with Gasteiger partial charge in [0.05, 0.1) is 24.7 Å². The summed E-state index contributed by atoms with van der Waals surface area (Å²) in [4.78, 5) is 12.1. The van der Waals surface area contributed by atoms with E-state index < -0.39 is 23.4 Å². The SMILES string of the molecule is COCc1c(NC(=O)C=Cc2cc(F)c(F)c(F)c2)n[nH]c1-c1ccnnc1. The molecular formula is C18H14F3N5O2. The predicted molar refractivity (Wildman–Crippen MR) is 94.3 cm³/mol. The first kappa shape index (κ1) is 19.2. The molecule has 0 aliphatic carbocycles. The number of aromatic nitrogens is 4. The summed E-state index contributed by atoms with van der Waals surface area (Å²) in [5.74, 6) is -4.63. The van der Waals surface area contributed by atoms with Gasteiger partial charge in [-0.25, -0.2) is 13.2 Å². The molecule has 0 radical (unpaired) electrons. The van der Waals surface area contributed by atoms with E-state index in [4.69, 9.17) is 4.74 Å². The third-order valence-electron chi connectivity index (χ3n) is 3.70. The molecule has 10 heteroatoms. The number of carbonyl (C=O) groups excluding carboxylic acids is 1. The van der Waals surface area contributed by atoms with Crippen LogP contribution in [0, 0.1) is 17.5 Å². The molecule has 0 saturated carbocycles. The van der Waals surface area contributed by atoms with Crippen LogP contribution < -0.4 is 5.32 Å². The molecule has 2 N–H and O–H groups in total. The van der Waals surface area contributed by atoms with Gasteiger partial charge in [-0.15, -0.1) is 0 Å². The van der Waals surface area contributed by atoms with Crippen molar-refractivity contribution in [2.75, 3.05) is 12.4 Å².